The summed E-state index contributed by atoms with van der Waals surface area (Å²) in [4.78, 5) is 4.54. The van der Waals surface area contributed by atoms with E-state index in [1.807, 2.05) is 24.3 Å². The normalized spacial score (nSPS) is 12.9. The fourth-order valence-electron chi connectivity index (χ4n) is 2.23. The zero-order valence-electron chi connectivity index (χ0n) is 10.4. The van der Waals surface area contributed by atoms with Crippen molar-refractivity contribution in [2.75, 3.05) is 10.6 Å². The first kappa shape index (κ1) is 11.7. The SMILES string of the molecule is Nc1nnc(N2c3ccccc3Sc3ccccc32)s1. The average Bonchev–Trinajstić information content (AvgIpc) is 2.91. The number of para-hydroxylation sites is 2. The van der Waals surface area contributed by atoms with E-state index < -0.39 is 0 Å². The lowest BCUT2D eigenvalue weighted by atomic mass is 10.2. The van der Waals surface area contributed by atoms with Crippen molar-refractivity contribution in [3.05, 3.63) is 48.5 Å². The Bertz CT molecular complexity index is 739. The molecule has 0 spiro atoms. The second-order valence-electron chi connectivity index (χ2n) is 4.30. The summed E-state index contributed by atoms with van der Waals surface area (Å²) in [6.45, 7) is 0. The fourth-order valence-corrected chi connectivity index (χ4v) is 3.92. The monoisotopic (exact) mass is 298 g/mol. The molecule has 2 aromatic carbocycles. The van der Waals surface area contributed by atoms with Crippen molar-refractivity contribution >= 4 is 44.7 Å². The van der Waals surface area contributed by atoms with E-state index in [2.05, 4.69) is 39.4 Å². The molecule has 6 heteroatoms. The summed E-state index contributed by atoms with van der Waals surface area (Å²) in [6.07, 6.45) is 0. The van der Waals surface area contributed by atoms with Crippen molar-refractivity contribution in [2.45, 2.75) is 9.79 Å². The second-order valence-corrected chi connectivity index (χ2v) is 6.37. The van der Waals surface area contributed by atoms with Crippen LogP contribution in [0, 0.1) is 0 Å². The van der Waals surface area contributed by atoms with E-state index in [0.717, 1.165) is 16.5 Å². The third-order valence-electron chi connectivity index (χ3n) is 3.05. The maximum atomic E-state index is 5.74. The van der Waals surface area contributed by atoms with Gasteiger partial charge in [0.15, 0.2) is 0 Å². The van der Waals surface area contributed by atoms with Gasteiger partial charge in [0.05, 0.1) is 11.4 Å². The number of hydrogen-bond donors (Lipinski definition) is 1. The van der Waals surface area contributed by atoms with Crippen molar-refractivity contribution in [3.8, 4) is 0 Å². The molecule has 4 rings (SSSR count). The quantitative estimate of drug-likeness (QED) is 0.574. The predicted molar refractivity (Wildman–Crippen MR) is 83.1 cm³/mol. The molecule has 0 saturated carbocycles. The molecule has 1 aliphatic rings. The number of nitrogens with zero attached hydrogens (tertiary/aromatic N) is 3. The van der Waals surface area contributed by atoms with E-state index in [1.54, 1.807) is 11.8 Å². The molecule has 2 N–H and O–H groups in total. The standard InChI is InChI=1S/C14H10N4S2/c15-13-16-17-14(20-13)18-9-5-1-3-7-11(9)19-12-8-4-2-6-10(12)18/h1-8H,(H2,15,16). The van der Waals surface area contributed by atoms with E-state index >= 15 is 0 Å². The minimum atomic E-state index is 0.480. The number of rotatable bonds is 1. The van der Waals surface area contributed by atoms with Crippen LogP contribution in [0.3, 0.4) is 0 Å². The van der Waals surface area contributed by atoms with Crippen LogP contribution in [0.15, 0.2) is 58.3 Å². The zero-order valence-corrected chi connectivity index (χ0v) is 12.0. The van der Waals surface area contributed by atoms with E-state index in [0.29, 0.717) is 5.13 Å². The highest BCUT2D eigenvalue weighted by Crippen LogP contribution is 2.51. The molecule has 4 nitrogen and oxygen atoms in total. The zero-order chi connectivity index (χ0) is 13.5. The van der Waals surface area contributed by atoms with Gasteiger partial charge in [-0.2, -0.15) is 0 Å². The molecule has 0 aliphatic carbocycles. The van der Waals surface area contributed by atoms with Gasteiger partial charge < -0.3 is 5.73 Å². The van der Waals surface area contributed by atoms with Gasteiger partial charge in [0.2, 0.25) is 10.3 Å². The van der Waals surface area contributed by atoms with Crippen LogP contribution in [0.1, 0.15) is 0 Å². The highest BCUT2D eigenvalue weighted by Gasteiger charge is 2.26. The Morgan fingerprint density at radius 1 is 0.850 bits per heavy atom. The minimum absolute atomic E-state index is 0.480. The second kappa shape index (κ2) is 4.50. The van der Waals surface area contributed by atoms with Crippen LogP contribution in [0.25, 0.3) is 0 Å². The number of anilines is 4. The third kappa shape index (κ3) is 1.76. The molecule has 20 heavy (non-hydrogen) atoms. The van der Waals surface area contributed by atoms with Crippen molar-refractivity contribution in [3.63, 3.8) is 0 Å². The van der Waals surface area contributed by atoms with E-state index in [-0.39, 0.29) is 0 Å². The first-order valence-corrected chi connectivity index (χ1v) is 7.71. The highest BCUT2D eigenvalue weighted by molar-refractivity contribution is 7.99. The molecular formula is C14H10N4S2. The van der Waals surface area contributed by atoms with Gasteiger partial charge in [0.1, 0.15) is 0 Å². The molecule has 0 amide bonds. The molecule has 2 heterocycles. The average molecular weight is 298 g/mol. The molecule has 0 fully saturated rings. The molecule has 0 atom stereocenters. The Balaban J connectivity index is 1.97. The Hall–Kier alpha value is -2.05. The number of hydrogen-bond acceptors (Lipinski definition) is 6. The lowest BCUT2D eigenvalue weighted by Gasteiger charge is -2.30. The van der Waals surface area contributed by atoms with Gasteiger partial charge in [-0.25, -0.2) is 0 Å². The van der Waals surface area contributed by atoms with Gasteiger partial charge in [-0.3, -0.25) is 4.90 Å². The number of nitrogens with two attached hydrogens (primary N) is 1. The maximum Gasteiger partial charge on any atom is 0.219 e. The summed E-state index contributed by atoms with van der Waals surface area (Å²) >= 11 is 3.16. The molecular weight excluding hydrogens is 288 g/mol. The molecule has 0 saturated heterocycles. The van der Waals surface area contributed by atoms with Gasteiger partial charge in [-0.1, -0.05) is 47.4 Å². The number of nitrogen functional groups attached to an aromatic ring is 1. The Labute approximate surface area is 124 Å². The fraction of sp³-hybridized carbons (Fsp3) is 0. The van der Waals surface area contributed by atoms with E-state index in [1.165, 1.54) is 21.1 Å². The Morgan fingerprint density at radius 2 is 1.45 bits per heavy atom. The van der Waals surface area contributed by atoms with Crippen LogP contribution in [0.5, 0.6) is 0 Å². The van der Waals surface area contributed by atoms with Crippen molar-refractivity contribution < 1.29 is 0 Å². The van der Waals surface area contributed by atoms with E-state index in [4.69, 9.17) is 5.73 Å². The van der Waals surface area contributed by atoms with Crippen LogP contribution >= 0.6 is 23.1 Å². The van der Waals surface area contributed by atoms with Crippen LogP contribution in [-0.4, -0.2) is 10.2 Å². The van der Waals surface area contributed by atoms with Crippen LogP contribution in [0.4, 0.5) is 21.6 Å². The summed E-state index contributed by atoms with van der Waals surface area (Å²) in [5.41, 5.74) is 7.97. The lowest BCUT2D eigenvalue weighted by Crippen LogP contribution is -2.14. The molecule has 98 valence electrons. The van der Waals surface area contributed by atoms with Crippen LogP contribution in [-0.2, 0) is 0 Å². The van der Waals surface area contributed by atoms with E-state index in [9.17, 15) is 0 Å². The Morgan fingerprint density at radius 3 is 2.00 bits per heavy atom. The molecule has 0 bridgehead atoms. The summed E-state index contributed by atoms with van der Waals surface area (Å²) in [5.74, 6) is 0. The molecule has 0 radical (unpaired) electrons. The highest BCUT2D eigenvalue weighted by atomic mass is 32.2. The van der Waals surface area contributed by atoms with Crippen molar-refractivity contribution in [1.29, 1.82) is 0 Å². The topological polar surface area (TPSA) is 55.0 Å². The predicted octanol–water partition coefficient (Wildman–Crippen LogP) is 4.05. The van der Waals surface area contributed by atoms with Crippen molar-refractivity contribution in [1.82, 2.24) is 10.2 Å². The first-order chi connectivity index (χ1) is 9.83. The van der Waals surface area contributed by atoms with Gasteiger partial charge in [-0.15, -0.1) is 10.2 Å². The number of aromatic nitrogens is 2. The van der Waals surface area contributed by atoms with Gasteiger partial charge >= 0.3 is 0 Å². The third-order valence-corrected chi connectivity index (χ3v) is 4.92. The number of fused-ring (bicyclic) bond motifs is 2. The minimum Gasteiger partial charge on any atom is -0.374 e. The molecule has 0 unspecified atom stereocenters. The lowest BCUT2D eigenvalue weighted by molar-refractivity contribution is 1.05. The maximum absolute atomic E-state index is 5.74. The van der Waals surface area contributed by atoms with Gasteiger partial charge in [-0.05, 0) is 24.3 Å². The van der Waals surface area contributed by atoms with Crippen LogP contribution < -0.4 is 10.6 Å². The molecule has 1 aromatic heterocycles. The largest absolute Gasteiger partial charge is 0.374 e. The molecule has 1 aliphatic heterocycles. The van der Waals surface area contributed by atoms with Gasteiger partial charge in [0.25, 0.3) is 0 Å². The van der Waals surface area contributed by atoms with Crippen molar-refractivity contribution in [2.24, 2.45) is 0 Å². The first-order valence-electron chi connectivity index (χ1n) is 6.08. The number of benzene rings is 2. The summed E-state index contributed by atoms with van der Waals surface area (Å²) < 4.78 is 0. The van der Waals surface area contributed by atoms with Crippen LogP contribution in [0.2, 0.25) is 0 Å². The smallest absolute Gasteiger partial charge is 0.219 e. The summed E-state index contributed by atoms with van der Waals surface area (Å²) in [6, 6.07) is 16.6. The summed E-state index contributed by atoms with van der Waals surface area (Å²) in [7, 11) is 0. The van der Waals surface area contributed by atoms with Gasteiger partial charge in [0, 0.05) is 9.79 Å². The summed E-state index contributed by atoms with van der Waals surface area (Å²) in [5, 5.41) is 9.41. The Kier molecular flexibility index (Phi) is 2.64. The molecule has 3 aromatic rings.